The molecule has 4 aromatic carbocycles. The van der Waals surface area contributed by atoms with Gasteiger partial charge in [-0.25, -0.2) is 9.59 Å². The number of carbonyl (C=O) groups excluding carboxylic acids is 4. The third kappa shape index (κ3) is 38.8. The van der Waals surface area contributed by atoms with Crippen LogP contribution in [-0.4, -0.2) is 49.7 Å². The van der Waals surface area contributed by atoms with Gasteiger partial charge in [-0.3, -0.25) is 9.59 Å². The van der Waals surface area contributed by atoms with Crippen molar-refractivity contribution in [3.8, 4) is 11.5 Å². The van der Waals surface area contributed by atoms with Crippen molar-refractivity contribution in [3.63, 3.8) is 0 Å². The van der Waals surface area contributed by atoms with Crippen molar-refractivity contribution in [2.45, 2.75) is 342 Å². The number of unbranched alkanes of at least 4 members (excludes halogenated alkanes) is 44. The van der Waals surface area contributed by atoms with E-state index in [0.717, 1.165) is 37.6 Å². The quantitative estimate of drug-likeness (QED) is 0.0142. The molecule has 0 aliphatic heterocycles. The molecular formula is C85H134N2O6. The van der Waals surface area contributed by atoms with E-state index in [2.05, 4.69) is 61.8 Å². The van der Waals surface area contributed by atoms with Gasteiger partial charge in [0, 0.05) is 48.7 Å². The van der Waals surface area contributed by atoms with Crippen molar-refractivity contribution in [2.24, 2.45) is 0 Å². The lowest BCUT2D eigenvalue weighted by atomic mass is 10.0. The minimum absolute atomic E-state index is 0.325. The van der Waals surface area contributed by atoms with Crippen LogP contribution in [0.4, 0.5) is 11.4 Å². The van der Waals surface area contributed by atoms with Crippen molar-refractivity contribution in [1.82, 2.24) is 0 Å². The van der Waals surface area contributed by atoms with Gasteiger partial charge in [-0.15, -0.1) is 0 Å². The third-order valence-corrected chi connectivity index (χ3v) is 19.2. The molecule has 0 fully saturated rings. The molecule has 0 saturated carbocycles. The zero-order valence-corrected chi connectivity index (χ0v) is 60.1. The van der Waals surface area contributed by atoms with Crippen LogP contribution < -0.4 is 19.3 Å². The minimum Gasteiger partial charge on any atom is -0.423 e. The summed E-state index contributed by atoms with van der Waals surface area (Å²) < 4.78 is 11.5. The molecule has 0 aromatic heterocycles. The van der Waals surface area contributed by atoms with Crippen LogP contribution >= 0.6 is 0 Å². The van der Waals surface area contributed by atoms with E-state index >= 15 is 0 Å². The van der Waals surface area contributed by atoms with Crippen LogP contribution in [0.2, 0.25) is 0 Å². The molecule has 0 aliphatic rings. The topological polar surface area (TPSA) is 93.2 Å². The molecule has 0 unspecified atom stereocenters. The highest BCUT2D eigenvalue weighted by atomic mass is 16.5. The van der Waals surface area contributed by atoms with Crippen LogP contribution in [0.1, 0.15) is 384 Å². The molecule has 8 nitrogen and oxygen atoms in total. The van der Waals surface area contributed by atoms with E-state index in [4.69, 9.17) is 9.47 Å². The summed E-state index contributed by atoms with van der Waals surface area (Å²) in [5.41, 5.74) is 3.93. The second kappa shape index (κ2) is 55.0. The Morgan fingerprint density at radius 3 is 0.624 bits per heavy atom. The van der Waals surface area contributed by atoms with Crippen molar-refractivity contribution >= 4 is 34.9 Å². The summed E-state index contributed by atoms with van der Waals surface area (Å²) in [6.45, 7) is 13.2. The van der Waals surface area contributed by atoms with Crippen molar-refractivity contribution in [1.29, 1.82) is 0 Å². The summed E-state index contributed by atoms with van der Waals surface area (Å²) in [6.07, 6.45) is 63.7. The van der Waals surface area contributed by atoms with Gasteiger partial charge >= 0.3 is 11.9 Å². The fourth-order valence-corrected chi connectivity index (χ4v) is 13.0. The van der Waals surface area contributed by atoms with Gasteiger partial charge in [0.25, 0.3) is 0 Å². The maximum absolute atomic E-state index is 13.4. The second-order valence-corrected chi connectivity index (χ2v) is 27.5. The van der Waals surface area contributed by atoms with E-state index in [1.807, 2.05) is 24.3 Å². The smallest absolute Gasteiger partial charge is 0.343 e. The van der Waals surface area contributed by atoms with Crippen molar-refractivity contribution in [3.05, 3.63) is 119 Å². The first-order chi connectivity index (χ1) is 45.8. The zero-order valence-electron chi connectivity index (χ0n) is 60.1. The summed E-state index contributed by atoms with van der Waals surface area (Å²) in [6, 6.07) is 28.5. The van der Waals surface area contributed by atoms with E-state index < -0.39 is 11.9 Å². The largest absolute Gasteiger partial charge is 0.423 e. The van der Waals surface area contributed by atoms with E-state index in [-0.39, 0.29) is 18.0 Å². The number of hydrogen-bond donors (Lipinski definition) is 0. The summed E-state index contributed by atoms with van der Waals surface area (Å²) >= 11 is 0. The number of ketones is 2. The molecule has 93 heavy (non-hydrogen) atoms. The zero-order chi connectivity index (χ0) is 66.3. The van der Waals surface area contributed by atoms with Crippen LogP contribution in [0, 0.1) is 0 Å². The number of Topliss-reactive ketones (excluding diaryl/α,β-unsaturated/α-hetero) is 2. The van der Waals surface area contributed by atoms with Crippen LogP contribution in [0.5, 0.6) is 11.5 Å². The van der Waals surface area contributed by atoms with Crippen molar-refractivity contribution in [2.75, 3.05) is 36.0 Å². The molecule has 0 radical (unpaired) electrons. The third-order valence-electron chi connectivity index (χ3n) is 19.2. The lowest BCUT2D eigenvalue weighted by molar-refractivity contribution is 0.0725. The maximum atomic E-state index is 13.4. The Morgan fingerprint density at radius 2 is 0.419 bits per heavy atom. The van der Waals surface area contributed by atoms with Gasteiger partial charge in [0.05, 0.1) is 17.5 Å². The highest BCUT2D eigenvalue weighted by Gasteiger charge is 2.18. The van der Waals surface area contributed by atoms with E-state index in [1.165, 1.54) is 308 Å². The lowest BCUT2D eigenvalue weighted by Crippen LogP contribution is -2.25. The van der Waals surface area contributed by atoms with E-state index in [0.29, 0.717) is 33.8 Å². The molecule has 0 bridgehead atoms. The molecule has 520 valence electrons. The molecule has 4 rings (SSSR count). The number of benzene rings is 4. The first-order valence-corrected chi connectivity index (χ1v) is 39.2. The number of ether oxygens (including phenoxy) is 2. The summed E-state index contributed by atoms with van der Waals surface area (Å²) in [5, 5.41) is 0. The second-order valence-electron chi connectivity index (χ2n) is 27.5. The average molecular weight is 1280 g/mol. The minimum atomic E-state index is -0.460. The highest BCUT2D eigenvalue weighted by molar-refractivity contribution is 6.13. The molecule has 0 aliphatic carbocycles. The molecule has 4 aromatic rings. The molecule has 0 spiro atoms. The lowest BCUT2D eigenvalue weighted by Gasteiger charge is -2.25. The Labute approximate surface area is 569 Å². The first-order valence-electron chi connectivity index (χ1n) is 39.2. The van der Waals surface area contributed by atoms with Gasteiger partial charge in [0.15, 0.2) is 11.6 Å². The molecule has 0 N–H and O–H groups in total. The number of esters is 2. The van der Waals surface area contributed by atoms with Gasteiger partial charge in [-0.2, -0.15) is 0 Å². The fourth-order valence-electron chi connectivity index (χ4n) is 13.0. The standard InChI is InChI=1S/C85H134N2O6/c1-5-9-13-17-21-25-29-33-37-41-45-49-69-86(70-50-46-42-38-34-30-26-22-18-14-10-6-2)78-61-53-76(54-62-78)84(90)92-80-65-57-74(58-66-80)82(88)73-83(89)75-59-67-81(68-60-75)93-85(91)77-55-63-79(64-56-77)87(71-51-47-43-39-35-31-27-23-19-15-11-7-3)72-52-48-44-40-36-32-28-24-20-16-12-8-4/h53-68H,5-52,69-73H2,1-4H3. The normalized spacial score (nSPS) is 11.3. The SMILES string of the molecule is CCCCCCCCCCCCCCN(CCCCCCCCCCCCCC)c1ccc(C(=O)Oc2ccc(C(=O)CC(=O)c3ccc(OC(=O)c4ccc(N(CCCCCCCCCCCCCC)CCCCCCCCCCCCCC)cc4)cc3)cc2)cc1. The summed E-state index contributed by atoms with van der Waals surface area (Å²) in [7, 11) is 0. The molecule has 0 heterocycles. The van der Waals surface area contributed by atoms with E-state index in [1.54, 1.807) is 48.5 Å². The monoisotopic (exact) mass is 1280 g/mol. The van der Waals surface area contributed by atoms with Crippen LogP contribution in [-0.2, 0) is 0 Å². The molecule has 0 saturated heterocycles. The van der Waals surface area contributed by atoms with Crippen LogP contribution in [0.15, 0.2) is 97.1 Å². The van der Waals surface area contributed by atoms with Gasteiger partial charge in [-0.1, -0.05) is 310 Å². The summed E-state index contributed by atoms with van der Waals surface area (Å²) in [5.74, 6) is -0.954. The Kier molecular flexibility index (Phi) is 47.4. The van der Waals surface area contributed by atoms with Gasteiger partial charge in [0.1, 0.15) is 11.5 Å². The predicted molar refractivity (Wildman–Crippen MR) is 398 cm³/mol. The molecule has 0 atom stereocenters. The van der Waals surface area contributed by atoms with Gasteiger partial charge < -0.3 is 19.3 Å². The van der Waals surface area contributed by atoms with Crippen molar-refractivity contribution < 1.29 is 28.7 Å². The van der Waals surface area contributed by atoms with Crippen LogP contribution in [0.25, 0.3) is 0 Å². The Morgan fingerprint density at radius 1 is 0.237 bits per heavy atom. The number of carbonyl (C=O) groups is 4. The number of hydrogen-bond acceptors (Lipinski definition) is 8. The first kappa shape index (κ1) is 80.2. The molecule has 8 heteroatoms. The number of rotatable bonds is 62. The average Bonchev–Trinajstić information content (AvgIpc) is 1.25. The van der Waals surface area contributed by atoms with Gasteiger partial charge in [-0.05, 0) is 123 Å². The summed E-state index contributed by atoms with van der Waals surface area (Å²) in [4.78, 5) is 58.6. The van der Waals surface area contributed by atoms with Gasteiger partial charge in [0.2, 0.25) is 0 Å². The Balaban J connectivity index is 1.22. The highest BCUT2D eigenvalue weighted by Crippen LogP contribution is 2.25. The fraction of sp³-hybridized carbons (Fsp3) is 0.671. The van der Waals surface area contributed by atoms with Crippen LogP contribution in [0.3, 0.4) is 0 Å². The number of anilines is 2. The molecular weight excluding hydrogens is 1140 g/mol. The van der Waals surface area contributed by atoms with E-state index in [9.17, 15) is 19.2 Å². The predicted octanol–water partition coefficient (Wildman–Crippen LogP) is 26.0. The Hall–Kier alpha value is -5.24. The molecule has 0 amide bonds. The number of nitrogens with zero attached hydrogens (tertiary/aromatic N) is 2. The Bertz CT molecular complexity index is 2220. The maximum Gasteiger partial charge on any atom is 0.343 e.